The van der Waals surface area contributed by atoms with E-state index in [1.54, 1.807) is 24.0 Å². The van der Waals surface area contributed by atoms with Crippen molar-refractivity contribution in [1.82, 2.24) is 20.9 Å². The van der Waals surface area contributed by atoms with Crippen LogP contribution in [0.2, 0.25) is 5.02 Å². The molecule has 2 saturated heterocycles. The summed E-state index contributed by atoms with van der Waals surface area (Å²) in [6.45, 7) is 10.4. The number of carbonyl (C=O) groups is 4. The monoisotopic (exact) mass is 771 g/mol. The van der Waals surface area contributed by atoms with Gasteiger partial charge < -0.3 is 15.5 Å². The first-order valence-corrected chi connectivity index (χ1v) is 19.4. The Bertz CT molecular complexity index is 1990. The van der Waals surface area contributed by atoms with Crippen LogP contribution in [-0.4, -0.2) is 97.3 Å². The number of hydrogen-bond donors (Lipinski definition) is 5. The van der Waals surface area contributed by atoms with Crippen molar-refractivity contribution >= 4 is 74.6 Å². The lowest BCUT2D eigenvalue weighted by atomic mass is 9.99. The standard InChI is InChI=1S/C39H46ClN9O4S/c1-23-24(2)54-39-35(23)36(27-8-10-28(40)11-9-27)45-31(37(42)49(39)25(3)41)22-33(51)43-14-5-15-47-16-18-48(19-17-47)29-7-4-6-26(20-29)21-34(52)44-30-12-13-32(50)46-38(30)53/h4,6-11,20,30-31,41-42H,5,12-19,21-22H2,1-3H3,(H,43,51)(H,44,52)(H,46,50,53)/t30?,31-/m0/s1. The topological polar surface area (TPSA) is 174 Å². The molecule has 5 N–H and O–H groups in total. The maximum absolute atomic E-state index is 13.3. The van der Waals surface area contributed by atoms with Gasteiger partial charge in [0.25, 0.3) is 0 Å². The van der Waals surface area contributed by atoms with Crippen LogP contribution in [0.5, 0.6) is 0 Å². The van der Waals surface area contributed by atoms with E-state index in [0.29, 0.717) is 23.7 Å². The maximum Gasteiger partial charge on any atom is 0.249 e. The van der Waals surface area contributed by atoms with Crippen molar-refractivity contribution in [3.05, 3.63) is 80.7 Å². The Morgan fingerprint density at radius 2 is 1.80 bits per heavy atom. The molecule has 1 aromatic heterocycles. The predicted molar refractivity (Wildman–Crippen MR) is 214 cm³/mol. The van der Waals surface area contributed by atoms with E-state index in [1.807, 2.05) is 50.2 Å². The van der Waals surface area contributed by atoms with Crippen LogP contribution in [-0.2, 0) is 25.6 Å². The first-order chi connectivity index (χ1) is 25.9. The SMILES string of the molecule is CC(=N)N1C(=N)[C@H](CC(=O)NCCCN2CCN(c3cccc(CC(=O)NC4CCC(=O)NC4=O)c3)CC2)N=C(c2ccc(Cl)cc2)c2c1sc(C)c2C. The van der Waals surface area contributed by atoms with Gasteiger partial charge in [0.2, 0.25) is 23.6 Å². The molecule has 15 heteroatoms. The normalized spacial score (nSPS) is 19.1. The Hall–Kier alpha value is -4.92. The fraction of sp³-hybridized carbons (Fsp3) is 0.410. The zero-order valence-corrected chi connectivity index (χ0v) is 32.3. The largest absolute Gasteiger partial charge is 0.369 e. The highest BCUT2D eigenvalue weighted by atomic mass is 35.5. The van der Waals surface area contributed by atoms with E-state index in [2.05, 4.69) is 25.8 Å². The summed E-state index contributed by atoms with van der Waals surface area (Å²) < 4.78 is 0. The summed E-state index contributed by atoms with van der Waals surface area (Å²) in [5.74, 6) is -0.930. The van der Waals surface area contributed by atoms with Crippen molar-refractivity contribution in [2.24, 2.45) is 4.99 Å². The number of benzene rings is 2. The van der Waals surface area contributed by atoms with Crippen LogP contribution in [0, 0.1) is 24.7 Å². The minimum absolute atomic E-state index is 0.0109. The zero-order chi connectivity index (χ0) is 38.5. The smallest absolute Gasteiger partial charge is 0.249 e. The molecule has 2 aromatic carbocycles. The molecule has 4 amide bonds. The molecule has 0 saturated carbocycles. The lowest BCUT2D eigenvalue weighted by Gasteiger charge is -2.36. The highest BCUT2D eigenvalue weighted by Crippen LogP contribution is 2.40. The lowest BCUT2D eigenvalue weighted by Crippen LogP contribution is -2.52. The van der Waals surface area contributed by atoms with Crippen molar-refractivity contribution in [2.45, 2.75) is 65.0 Å². The van der Waals surface area contributed by atoms with E-state index < -0.39 is 18.0 Å². The van der Waals surface area contributed by atoms with Crippen molar-refractivity contribution in [3.8, 4) is 0 Å². The Balaban J connectivity index is 0.989. The molecular weight excluding hydrogens is 726 g/mol. The Morgan fingerprint density at radius 3 is 2.50 bits per heavy atom. The predicted octanol–water partition coefficient (Wildman–Crippen LogP) is 4.20. The molecule has 0 aliphatic carbocycles. The van der Waals surface area contributed by atoms with Gasteiger partial charge in [-0.25, -0.2) is 0 Å². The van der Waals surface area contributed by atoms with Gasteiger partial charge in [-0.05, 0) is 75.5 Å². The molecule has 0 bridgehead atoms. The summed E-state index contributed by atoms with van der Waals surface area (Å²) in [5.41, 5.74) is 5.33. The number of carbonyl (C=O) groups excluding carboxylic acids is 4. The number of amidine groups is 2. The molecule has 0 radical (unpaired) electrons. The molecule has 1 unspecified atom stereocenters. The number of piperazine rings is 1. The number of nitrogens with zero attached hydrogens (tertiary/aromatic N) is 4. The van der Waals surface area contributed by atoms with E-state index in [4.69, 9.17) is 27.4 Å². The van der Waals surface area contributed by atoms with Crippen LogP contribution >= 0.6 is 22.9 Å². The van der Waals surface area contributed by atoms with Crippen LogP contribution < -0.4 is 25.8 Å². The number of hydrogen-bond acceptors (Lipinski definition) is 10. The molecule has 6 rings (SSSR count). The molecule has 4 heterocycles. The van der Waals surface area contributed by atoms with Gasteiger partial charge in [-0.3, -0.25) is 50.1 Å². The van der Waals surface area contributed by atoms with Gasteiger partial charge in [-0.15, -0.1) is 11.3 Å². The number of anilines is 2. The van der Waals surface area contributed by atoms with Crippen LogP contribution in [0.25, 0.3) is 0 Å². The molecule has 54 heavy (non-hydrogen) atoms. The number of amides is 4. The van der Waals surface area contributed by atoms with Crippen molar-refractivity contribution in [2.75, 3.05) is 49.1 Å². The second-order valence-corrected chi connectivity index (χ2v) is 15.6. The van der Waals surface area contributed by atoms with Crippen LogP contribution in [0.15, 0.2) is 53.5 Å². The molecule has 3 aliphatic heterocycles. The minimum Gasteiger partial charge on any atom is -0.369 e. The second-order valence-electron chi connectivity index (χ2n) is 13.9. The van der Waals surface area contributed by atoms with Gasteiger partial charge >= 0.3 is 0 Å². The third-order valence-corrected chi connectivity index (χ3v) is 11.5. The third-order valence-electron chi connectivity index (χ3n) is 10.0. The number of imide groups is 1. The van der Waals surface area contributed by atoms with Crippen LogP contribution in [0.4, 0.5) is 10.7 Å². The Morgan fingerprint density at radius 1 is 1.06 bits per heavy atom. The second kappa shape index (κ2) is 17.0. The average Bonchev–Trinajstić information content (AvgIpc) is 3.35. The minimum atomic E-state index is -0.776. The fourth-order valence-electron chi connectivity index (χ4n) is 7.02. The van der Waals surface area contributed by atoms with Gasteiger partial charge in [-0.2, -0.15) is 0 Å². The molecule has 284 valence electrons. The van der Waals surface area contributed by atoms with Gasteiger partial charge in [-0.1, -0.05) is 35.9 Å². The van der Waals surface area contributed by atoms with E-state index in [-0.39, 0.29) is 48.7 Å². The molecule has 3 aromatic rings. The van der Waals surface area contributed by atoms with Crippen LogP contribution in [0.1, 0.15) is 59.7 Å². The summed E-state index contributed by atoms with van der Waals surface area (Å²) in [6, 6.07) is 13.8. The Labute approximate surface area is 324 Å². The van der Waals surface area contributed by atoms with Gasteiger partial charge in [0, 0.05) is 65.9 Å². The summed E-state index contributed by atoms with van der Waals surface area (Å²) in [6.07, 6.45) is 1.42. The molecule has 3 aliphatic rings. The van der Waals surface area contributed by atoms with Crippen molar-refractivity contribution in [3.63, 3.8) is 0 Å². The molecular formula is C39H46ClN9O4S. The number of nitrogens with one attached hydrogen (secondary N) is 5. The zero-order valence-electron chi connectivity index (χ0n) is 30.8. The van der Waals surface area contributed by atoms with E-state index in [9.17, 15) is 19.2 Å². The van der Waals surface area contributed by atoms with Gasteiger partial charge in [0.15, 0.2) is 0 Å². The van der Waals surface area contributed by atoms with Crippen molar-refractivity contribution < 1.29 is 19.2 Å². The van der Waals surface area contributed by atoms with Crippen LogP contribution in [0.3, 0.4) is 0 Å². The number of rotatable bonds is 11. The maximum atomic E-state index is 13.3. The number of halogens is 1. The third kappa shape index (κ3) is 9.05. The molecule has 13 nitrogen and oxygen atoms in total. The lowest BCUT2D eigenvalue weighted by molar-refractivity contribution is -0.137. The summed E-state index contributed by atoms with van der Waals surface area (Å²) in [5, 5.41) is 27.1. The number of aliphatic imine (C=N–C) groups is 1. The summed E-state index contributed by atoms with van der Waals surface area (Å²) in [4.78, 5) is 61.7. The number of thiophene rings is 1. The Kier molecular flexibility index (Phi) is 12.2. The molecule has 0 spiro atoms. The van der Waals surface area contributed by atoms with Gasteiger partial charge in [0.05, 0.1) is 18.6 Å². The number of fused-ring (bicyclic) bond motifs is 1. The van der Waals surface area contributed by atoms with E-state index in [0.717, 1.165) is 77.0 Å². The summed E-state index contributed by atoms with van der Waals surface area (Å²) in [7, 11) is 0. The number of piperidine rings is 1. The van der Waals surface area contributed by atoms with Crippen molar-refractivity contribution in [1.29, 1.82) is 10.8 Å². The first kappa shape index (κ1) is 38.8. The van der Waals surface area contributed by atoms with E-state index >= 15 is 0 Å². The highest BCUT2D eigenvalue weighted by molar-refractivity contribution is 7.17. The van der Waals surface area contributed by atoms with Gasteiger partial charge in [0.1, 0.15) is 28.8 Å². The molecule has 2 fully saturated rings. The quantitative estimate of drug-likeness (QED) is 0.0841. The highest BCUT2D eigenvalue weighted by Gasteiger charge is 2.35. The van der Waals surface area contributed by atoms with E-state index in [1.165, 1.54) is 11.3 Å². The molecule has 2 atom stereocenters. The average molecular weight is 772 g/mol. The summed E-state index contributed by atoms with van der Waals surface area (Å²) >= 11 is 7.73. The number of aryl methyl sites for hydroxylation is 1. The first-order valence-electron chi connectivity index (χ1n) is 18.2. The fourth-order valence-corrected chi connectivity index (χ4v) is 8.37.